The monoisotopic (exact) mass is 548 g/mol. The van der Waals surface area contributed by atoms with E-state index in [4.69, 9.17) is 28.4 Å². The number of methoxy groups -OCH3 is 4. The van der Waals surface area contributed by atoms with Gasteiger partial charge in [0.15, 0.2) is 23.0 Å². The molecule has 3 aromatic rings. The summed E-state index contributed by atoms with van der Waals surface area (Å²) in [5.74, 6) is 2.44. The van der Waals surface area contributed by atoms with Crippen molar-refractivity contribution in [1.29, 1.82) is 0 Å². The largest absolute Gasteiger partial charge is 0.497 e. The van der Waals surface area contributed by atoms with E-state index in [1.165, 1.54) is 21.3 Å². The summed E-state index contributed by atoms with van der Waals surface area (Å²) >= 11 is 0. The Morgan fingerprint density at radius 2 is 1.60 bits per heavy atom. The van der Waals surface area contributed by atoms with Crippen molar-refractivity contribution < 1.29 is 38.0 Å². The third-order valence-corrected chi connectivity index (χ3v) is 7.22. The van der Waals surface area contributed by atoms with E-state index in [0.717, 1.165) is 11.1 Å². The van der Waals surface area contributed by atoms with Gasteiger partial charge in [-0.25, -0.2) is 0 Å². The molecule has 2 unspecified atom stereocenters. The van der Waals surface area contributed by atoms with Crippen molar-refractivity contribution in [1.82, 2.24) is 5.32 Å². The van der Waals surface area contributed by atoms with Gasteiger partial charge in [-0.2, -0.15) is 0 Å². The molecule has 40 heavy (non-hydrogen) atoms. The smallest absolute Gasteiger partial charge is 0.231 e. The molecule has 0 saturated carbocycles. The minimum atomic E-state index is -0.591. The lowest BCUT2D eigenvalue weighted by Crippen LogP contribution is -2.48. The summed E-state index contributed by atoms with van der Waals surface area (Å²) in [6, 6.07) is 15.8. The van der Waals surface area contributed by atoms with Crippen molar-refractivity contribution in [3.8, 4) is 34.5 Å². The van der Waals surface area contributed by atoms with Crippen LogP contribution < -0.4 is 38.6 Å². The van der Waals surface area contributed by atoms with Gasteiger partial charge in [-0.05, 0) is 41.8 Å². The van der Waals surface area contributed by atoms with E-state index in [2.05, 4.69) is 5.32 Å². The number of hydrogen-bond donors (Lipinski definition) is 1. The Morgan fingerprint density at radius 1 is 0.900 bits per heavy atom. The Labute approximate surface area is 232 Å². The zero-order chi connectivity index (χ0) is 28.2. The maximum absolute atomic E-state index is 13.7. The summed E-state index contributed by atoms with van der Waals surface area (Å²) in [4.78, 5) is 28.9. The van der Waals surface area contributed by atoms with Crippen molar-refractivity contribution in [2.45, 2.75) is 25.4 Å². The molecule has 0 aliphatic carbocycles. The number of ether oxygens (including phenoxy) is 6. The number of hydrogen-bond acceptors (Lipinski definition) is 8. The van der Waals surface area contributed by atoms with Gasteiger partial charge in [0.2, 0.25) is 24.4 Å². The predicted molar refractivity (Wildman–Crippen MR) is 146 cm³/mol. The highest BCUT2D eigenvalue weighted by Gasteiger charge is 2.42. The average molecular weight is 549 g/mol. The lowest BCUT2D eigenvalue weighted by Gasteiger charge is -2.41. The Balaban J connectivity index is 1.50. The minimum Gasteiger partial charge on any atom is -0.497 e. The van der Waals surface area contributed by atoms with Gasteiger partial charge in [-0.15, -0.1) is 0 Å². The van der Waals surface area contributed by atoms with Crippen LogP contribution in [0.3, 0.4) is 0 Å². The molecule has 2 aliphatic rings. The summed E-state index contributed by atoms with van der Waals surface area (Å²) in [6.45, 7) is 0.487. The van der Waals surface area contributed by atoms with E-state index in [-0.39, 0.29) is 25.0 Å². The first-order chi connectivity index (χ1) is 19.5. The van der Waals surface area contributed by atoms with Gasteiger partial charge in [0.1, 0.15) is 5.75 Å². The number of amides is 2. The van der Waals surface area contributed by atoms with Crippen LogP contribution >= 0.6 is 0 Å². The first-order valence-electron chi connectivity index (χ1n) is 12.9. The molecule has 0 aromatic heterocycles. The van der Waals surface area contributed by atoms with Crippen LogP contribution in [0.1, 0.15) is 30.0 Å². The summed E-state index contributed by atoms with van der Waals surface area (Å²) in [5, 5.41) is 3.07. The highest BCUT2D eigenvalue weighted by atomic mass is 16.7. The van der Waals surface area contributed by atoms with E-state index >= 15 is 0 Å². The molecule has 0 bridgehead atoms. The normalized spacial score (nSPS) is 17.8. The minimum absolute atomic E-state index is 0.116. The second-order valence-electron chi connectivity index (χ2n) is 9.42. The van der Waals surface area contributed by atoms with Gasteiger partial charge in [0.25, 0.3) is 0 Å². The fourth-order valence-electron chi connectivity index (χ4n) is 5.23. The molecule has 2 atom stereocenters. The fourth-order valence-corrected chi connectivity index (χ4v) is 5.23. The van der Waals surface area contributed by atoms with Crippen LogP contribution in [0.15, 0.2) is 54.6 Å². The summed E-state index contributed by atoms with van der Waals surface area (Å²) in [7, 11) is 6.15. The summed E-state index contributed by atoms with van der Waals surface area (Å²) < 4.78 is 32.8. The molecule has 210 valence electrons. The molecule has 2 amide bonds. The van der Waals surface area contributed by atoms with Gasteiger partial charge in [-0.1, -0.05) is 18.2 Å². The predicted octanol–water partition coefficient (Wildman–Crippen LogP) is 4.25. The van der Waals surface area contributed by atoms with Crippen molar-refractivity contribution in [2.24, 2.45) is 5.92 Å². The maximum Gasteiger partial charge on any atom is 0.231 e. The second-order valence-corrected chi connectivity index (χ2v) is 9.42. The van der Waals surface area contributed by atoms with Gasteiger partial charge in [0, 0.05) is 25.1 Å². The van der Waals surface area contributed by atoms with Crippen LogP contribution in [-0.2, 0) is 16.1 Å². The molecule has 5 rings (SSSR count). The highest BCUT2D eigenvalue weighted by molar-refractivity contribution is 5.98. The molecule has 2 heterocycles. The van der Waals surface area contributed by atoms with Gasteiger partial charge in [-0.3, -0.25) is 9.59 Å². The van der Waals surface area contributed by atoms with Crippen LogP contribution in [0.25, 0.3) is 0 Å². The molecule has 1 fully saturated rings. The van der Waals surface area contributed by atoms with Gasteiger partial charge >= 0.3 is 0 Å². The zero-order valence-corrected chi connectivity index (χ0v) is 22.9. The number of rotatable bonds is 9. The first-order valence-corrected chi connectivity index (χ1v) is 12.9. The molecular formula is C30H32N2O8. The number of fused-ring (bicyclic) bond motifs is 1. The first kappa shape index (κ1) is 27.0. The van der Waals surface area contributed by atoms with Gasteiger partial charge in [0.05, 0.1) is 46.1 Å². The van der Waals surface area contributed by atoms with Crippen LogP contribution in [0.2, 0.25) is 0 Å². The Bertz CT molecular complexity index is 1370. The molecule has 3 aromatic carbocycles. The van der Waals surface area contributed by atoms with E-state index in [9.17, 15) is 9.59 Å². The topological polar surface area (TPSA) is 105 Å². The Kier molecular flexibility index (Phi) is 7.86. The Morgan fingerprint density at radius 3 is 2.25 bits per heavy atom. The van der Waals surface area contributed by atoms with E-state index in [1.807, 2.05) is 42.5 Å². The number of carbonyl (C=O) groups excluding carboxylic acids is 2. The fraction of sp³-hybridized carbons (Fsp3) is 0.333. The highest BCUT2D eigenvalue weighted by Crippen LogP contribution is 2.46. The Hall–Kier alpha value is -4.60. The molecule has 0 radical (unpaired) electrons. The van der Waals surface area contributed by atoms with E-state index in [1.54, 1.807) is 24.1 Å². The number of nitrogens with one attached hydrogen (secondary N) is 1. The van der Waals surface area contributed by atoms with Crippen molar-refractivity contribution >= 4 is 17.5 Å². The van der Waals surface area contributed by atoms with Crippen LogP contribution in [0, 0.1) is 5.92 Å². The summed E-state index contributed by atoms with van der Waals surface area (Å²) in [5.41, 5.74) is 2.21. The van der Waals surface area contributed by atoms with E-state index in [0.29, 0.717) is 53.2 Å². The van der Waals surface area contributed by atoms with Crippen molar-refractivity contribution in [3.63, 3.8) is 0 Å². The van der Waals surface area contributed by atoms with Crippen LogP contribution in [0.4, 0.5) is 5.69 Å². The summed E-state index contributed by atoms with van der Waals surface area (Å²) in [6.07, 6.45) is 0.592. The number of benzene rings is 3. The number of carbonyl (C=O) groups is 2. The lowest BCUT2D eigenvalue weighted by molar-refractivity contribution is -0.129. The molecular weight excluding hydrogens is 516 g/mol. The molecule has 0 spiro atoms. The lowest BCUT2D eigenvalue weighted by atomic mass is 9.83. The maximum atomic E-state index is 13.7. The number of piperidine rings is 1. The average Bonchev–Trinajstić information content (AvgIpc) is 3.47. The standard InChI is InChI=1S/C30H32N2O8/c1-35-21-8-6-19(7-9-21)28-22(30(34)31-16-18-5-11-23-24(13-18)40-17-39-23)10-12-27(33)32(28)20-14-25(36-2)29(38-4)26(15-20)37-3/h5-9,11,13-15,22,28H,10,12,16-17H2,1-4H3,(H,31,34). The third kappa shape index (κ3) is 5.16. The number of nitrogens with zero attached hydrogens (tertiary/aromatic N) is 1. The number of anilines is 1. The molecule has 1 N–H and O–H groups in total. The van der Waals surface area contributed by atoms with Crippen LogP contribution in [0.5, 0.6) is 34.5 Å². The zero-order valence-electron chi connectivity index (χ0n) is 22.9. The molecule has 10 nitrogen and oxygen atoms in total. The third-order valence-electron chi connectivity index (χ3n) is 7.22. The van der Waals surface area contributed by atoms with Crippen LogP contribution in [-0.4, -0.2) is 47.0 Å². The molecule has 10 heteroatoms. The van der Waals surface area contributed by atoms with Crippen molar-refractivity contribution in [2.75, 3.05) is 40.1 Å². The van der Waals surface area contributed by atoms with Crippen molar-refractivity contribution in [3.05, 3.63) is 65.7 Å². The van der Waals surface area contributed by atoms with Gasteiger partial charge < -0.3 is 38.6 Å². The van der Waals surface area contributed by atoms with E-state index < -0.39 is 12.0 Å². The molecule has 2 aliphatic heterocycles. The SMILES string of the molecule is COc1ccc(C2C(C(=O)NCc3ccc4c(c3)OCO4)CCC(=O)N2c2cc(OC)c(OC)c(OC)c2)cc1. The molecule has 1 saturated heterocycles. The second kappa shape index (κ2) is 11.6. The quantitative estimate of drug-likeness (QED) is 0.423.